The summed E-state index contributed by atoms with van der Waals surface area (Å²) in [5.74, 6) is -0.752. The van der Waals surface area contributed by atoms with Gasteiger partial charge in [-0.25, -0.2) is 4.39 Å². The Morgan fingerprint density at radius 3 is 2.77 bits per heavy atom. The molecule has 0 aliphatic rings. The molecule has 0 radical (unpaired) electrons. The predicted octanol–water partition coefficient (Wildman–Crippen LogP) is 3.09. The van der Waals surface area contributed by atoms with E-state index in [4.69, 9.17) is 16.9 Å². The molecule has 64 valence electrons. The third kappa shape index (κ3) is 1.90. The number of nitriles is 1. The van der Waals surface area contributed by atoms with Gasteiger partial charge in [-0.15, -0.1) is 0 Å². The van der Waals surface area contributed by atoms with Crippen LogP contribution in [0.1, 0.15) is 5.56 Å². The normalized spacial score (nSPS) is 8.69. The van der Waals surface area contributed by atoms with Crippen molar-refractivity contribution in [1.82, 2.24) is 0 Å². The molecule has 0 fully saturated rings. The predicted molar refractivity (Wildman–Crippen MR) is 50.8 cm³/mol. The molecular formula is C8H2ClFN2S. The minimum atomic E-state index is -0.752. The molecule has 1 aromatic carbocycles. The van der Waals surface area contributed by atoms with Gasteiger partial charge in [0.15, 0.2) is 5.82 Å². The highest BCUT2D eigenvalue weighted by Gasteiger charge is 2.10. The van der Waals surface area contributed by atoms with Crippen LogP contribution in [0, 0.1) is 17.1 Å². The van der Waals surface area contributed by atoms with Crippen LogP contribution in [0.4, 0.5) is 10.1 Å². The monoisotopic (exact) mass is 212 g/mol. The largest absolute Gasteiger partial charge is 0.203 e. The lowest BCUT2D eigenvalue weighted by molar-refractivity contribution is 0.630. The van der Waals surface area contributed by atoms with Crippen LogP contribution in [0.3, 0.4) is 0 Å². The number of rotatable bonds is 1. The number of nitrogens with zero attached hydrogens (tertiary/aromatic N) is 2. The Balaban J connectivity index is 3.41. The third-order valence-electron chi connectivity index (χ3n) is 1.35. The first-order chi connectivity index (χ1) is 6.20. The molecule has 1 rings (SSSR count). The fraction of sp³-hybridized carbons (Fsp3) is 0. The van der Waals surface area contributed by atoms with Crippen molar-refractivity contribution < 1.29 is 4.39 Å². The Bertz CT molecular complexity index is 433. The van der Waals surface area contributed by atoms with Gasteiger partial charge in [0, 0.05) is 0 Å². The van der Waals surface area contributed by atoms with E-state index >= 15 is 0 Å². The Hall–Kier alpha value is -1.27. The summed E-state index contributed by atoms with van der Waals surface area (Å²) in [5.41, 5.74) is 0.0569. The molecule has 0 atom stereocenters. The molecule has 2 nitrogen and oxygen atoms in total. The number of hydrogen-bond acceptors (Lipinski definition) is 3. The quantitative estimate of drug-likeness (QED) is 0.530. The van der Waals surface area contributed by atoms with Crippen LogP contribution in [0.25, 0.3) is 0 Å². The first kappa shape index (κ1) is 9.82. The molecule has 0 heterocycles. The maximum absolute atomic E-state index is 13.2. The molecular weight excluding hydrogens is 211 g/mol. The van der Waals surface area contributed by atoms with Crippen molar-refractivity contribution in [3.8, 4) is 6.07 Å². The molecule has 5 heteroatoms. The van der Waals surface area contributed by atoms with Crippen molar-refractivity contribution in [1.29, 1.82) is 5.26 Å². The zero-order valence-corrected chi connectivity index (χ0v) is 7.79. The highest BCUT2D eigenvalue weighted by atomic mass is 35.5. The van der Waals surface area contributed by atoms with Crippen LogP contribution in [0.5, 0.6) is 0 Å². The first-order valence-electron chi connectivity index (χ1n) is 3.16. The fourth-order valence-electron chi connectivity index (χ4n) is 0.761. The molecule has 0 saturated carbocycles. The van der Waals surface area contributed by atoms with Gasteiger partial charge in [0.1, 0.15) is 11.8 Å². The molecule has 0 unspecified atom stereocenters. The second kappa shape index (κ2) is 4.11. The van der Waals surface area contributed by atoms with E-state index in [2.05, 4.69) is 17.2 Å². The van der Waals surface area contributed by atoms with E-state index in [-0.39, 0.29) is 16.3 Å². The summed E-state index contributed by atoms with van der Waals surface area (Å²) < 4.78 is 13.2. The summed E-state index contributed by atoms with van der Waals surface area (Å²) in [7, 11) is 0. The standard InChI is InChI=1S/C8H2ClFN2S/c9-7-5(3-11)1-2-6(8(7)10)12-4-13/h1-2H. The Morgan fingerprint density at radius 1 is 1.54 bits per heavy atom. The third-order valence-corrected chi connectivity index (χ3v) is 1.81. The summed E-state index contributed by atoms with van der Waals surface area (Å²) in [4.78, 5) is 3.44. The molecule has 0 saturated heterocycles. The molecule has 0 aromatic heterocycles. The number of thiocarbonyl (C=S) groups is 1. The molecule has 0 amide bonds. The van der Waals surface area contributed by atoms with Gasteiger partial charge in [0.05, 0.1) is 15.7 Å². The van der Waals surface area contributed by atoms with Gasteiger partial charge in [-0.2, -0.15) is 10.3 Å². The zero-order valence-electron chi connectivity index (χ0n) is 6.21. The fourth-order valence-corrected chi connectivity index (χ4v) is 1.06. The minimum absolute atomic E-state index is 0.0148. The van der Waals surface area contributed by atoms with Crippen molar-refractivity contribution in [2.24, 2.45) is 4.99 Å². The van der Waals surface area contributed by atoms with Crippen molar-refractivity contribution in [2.75, 3.05) is 0 Å². The van der Waals surface area contributed by atoms with Gasteiger partial charge in [-0.05, 0) is 24.4 Å². The van der Waals surface area contributed by atoms with E-state index in [9.17, 15) is 4.39 Å². The van der Waals surface area contributed by atoms with Crippen molar-refractivity contribution in [2.45, 2.75) is 0 Å². The maximum Gasteiger partial charge on any atom is 0.169 e. The average Bonchev–Trinajstić information content (AvgIpc) is 2.14. The summed E-state index contributed by atoms with van der Waals surface area (Å²) >= 11 is 9.82. The van der Waals surface area contributed by atoms with E-state index < -0.39 is 5.82 Å². The highest BCUT2D eigenvalue weighted by molar-refractivity contribution is 7.78. The number of halogens is 2. The minimum Gasteiger partial charge on any atom is -0.203 e. The molecule has 0 aliphatic heterocycles. The molecule has 13 heavy (non-hydrogen) atoms. The number of benzene rings is 1. The smallest absolute Gasteiger partial charge is 0.169 e. The van der Waals surface area contributed by atoms with E-state index in [1.165, 1.54) is 12.1 Å². The number of hydrogen-bond donors (Lipinski definition) is 0. The van der Waals surface area contributed by atoms with Crippen LogP contribution in [0.2, 0.25) is 5.02 Å². The Labute approximate surface area is 84.3 Å². The van der Waals surface area contributed by atoms with Crippen LogP contribution in [-0.4, -0.2) is 5.16 Å². The highest BCUT2D eigenvalue weighted by Crippen LogP contribution is 2.27. The van der Waals surface area contributed by atoms with Crippen LogP contribution >= 0.6 is 23.8 Å². The number of isothiocyanates is 1. The lowest BCUT2D eigenvalue weighted by atomic mass is 10.2. The molecule has 1 aromatic rings. The SMILES string of the molecule is N#Cc1ccc(N=C=S)c(F)c1Cl. The molecule has 0 N–H and O–H groups in total. The van der Waals surface area contributed by atoms with Gasteiger partial charge in [-0.3, -0.25) is 0 Å². The van der Waals surface area contributed by atoms with Crippen LogP contribution < -0.4 is 0 Å². The average molecular weight is 213 g/mol. The van der Waals surface area contributed by atoms with Gasteiger partial charge in [-0.1, -0.05) is 11.6 Å². The second-order valence-electron chi connectivity index (χ2n) is 2.08. The lowest BCUT2D eigenvalue weighted by Gasteiger charge is -1.98. The van der Waals surface area contributed by atoms with Gasteiger partial charge < -0.3 is 0 Å². The molecule has 0 aliphatic carbocycles. The zero-order chi connectivity index (χ0) is 9.84. The summed E-state index contributed by atoms with van der Waals surface area (Å²) in [6, 6.07) is 4.44. The van der Waals surface area contributed by atoms with E-state index in [0.29, 0.717) is 0 Å². The van der Waals surface area contributed by atoms with Crippen molar-refractivity contribution >= 4 is 34.7 Å². The van der Waals surface area contributed by atoms with Crippen LogP contribution in [0.15, 0.2) is 17.1 Å². The van der Waals surface area contributed by atoms with E-state index in [1.807, 2.05) is 5.16 Å². The molecule has 0 spiro atoms. The Morgan fingerprint density at radius 2 is 2.23 bits per heavy atom. The Kier molecular flexibility index (Phi) is 3.10. The van der Waals surface area contributed by atoms with Crippen molar-refractivity contribution in [3.05, 3.63) is 28.5 Å². The van der Waals surface area contributed by atoms with Gasteiger partial charge in [0.25, 0.3) is 0 Å². The van der Waals surface area contributed by atoms with E-state index in [1.54, 1.807) is 6.07 Å². The first-order valence-corrected chi connectivity index (χ1v) is 3.95. The van der Waals surface area contributed by atoms with Gasteiger partial charge in [0.2, 0.25) is 0 Å². The van der Waals surface area contributed by atoms with Crippen molar-refractivity contribution in [3.63, 3.8) is 0 Å². The lowest BCUT2D eigenvalue weighted by Crippen LogP contribution is -1.83. The number of aliphatic imine (C=N–C) groups is 1. The van der Waals surface area contributed by atoms with Crippen LogP contribution in [-0.2, 0) is 0 Å². The summed E-state index contributed by atoms with van der Waals surface area (Å²) in [6.45, 7) is 0. The van der Waals surface area contributed by atoms with Gasteiger partial charge >= 0.3 is 0 Å². The topological polar surface area (TPSA) is 36.1 Å². The maximum atomic E-state index is 13.2. The molecule has 0 bridgehead atoms. The van der Waals surface area contributed by atoms with E-state index in [0.717, 1.165) is 0 Å². The summed E-state index contributed by atoms with van der Waals surface area (Å²) in [6.07, 6.45) is 0. The summed E-state index contributed by atoms with van der Waals surface area (Å²) in [5, 5.41) is 10.3. The second-order valence-corrected chi connectivity index (χ2v) is 2.64.